The molecule has 0 saturated heterocycles. The van der Waals surface area contributed by atoms with Crippen molar-refractivity contribution in [3.63, 3.8) is 0 Å². The lowest BCUT2D eigenvalue weighted by Gasteiger charge is -2.14. The number of nitrogens with one attached hydrogen (secondary N) is 2. The number of sulfone groups is 1. The second-order valence-electron chi connectivity index (χ2n) is 4.82. The summed E-state index contributed by atoms with van der Waals surface area (Å²) in [4.78, 5) is 23.0. The molecule has 1 aromatic carbocycles. The van der Waals surface area contributed by atoms with Crippen LogP contribution >= 0.6 is 0 Å². The Morgan fingerprint density at radius 1 is 1.17 bits per heavy atom. The lowest BCUT2D eigenvalue weighted by molar-refractivity contribution is -0.122. The molecule has 9 heteroatoms. The summed E-state index contributed by atoms with van der Waals surface area (Å²) in [6, 6.07) is 3.30. The molecule has 128 valence electrons. The third kappa shape index (κ3) is 4.98. The van der Waals surface area contributed by atoms with Crippen LogP contribution < -0.4 is 10.6 Å². The molecule has 1 atom stereocenters. The van der Waals surface area contributed by atoms with E-state index in [0.29, 0.717) is 6.54 Å². The first-order valence-corrected chi connectivity index (χ1v) is 8.45. The van der Waals surface area contributed by atoms with Crippen molar-refractivity contribution in [3.8, 4) is 0 Å². The van der Waals surface area contributed by atoms with E-state index < -0.39 is 32.4 Å². The second kappa shape index (κ2) is 8.00. The van der Waals surface area contributed by atoms with Gasteiger partial charge in [0.1, 0.15) is 6.04 Å². The molecule has 0 saturated carbocycles. The van der Waals surface area contributed by atoms with E-state index in [1.54, 1.807) is 0 Å². The third-order valence-corrected chi connectivity index (χ3v) is 4.37. The SMILES string of the molecule is CCCNC(=O)C(C)NC(=O)c1ccc(S(=O)(=O)C(F)F)cc1. The summed E-state index contributed by atoms with van der Waals surface area (Å²) in [6.07, 6.45) is 0.756. The van der Waals surface area contributed by atoms with Crippen LogP contribution in [0.3, 0.4) is 0 Å². The maximum Gasteiger partial charge on any atom is 0.341 e. The van der Waals surface area contributed by atoms with Crippen molar-refractivity contribution >= 4 is 21.7 Å². The minimum Gasteiger partial charge on any atom is -0.354 e. The summed E-state index contributed by atoms with van der Waals surface area (Å²) < 4.78 is 47.4. The van der Waals surface area contributed by atoms with Crippen LogP contribution in [0.15, 0.2) is 29.2 Å². The maximum absolute atomic E-state index is 12.4. The fraction of sp³-hybridized carbons (Fsp3) is 0.429. The van der Waals surface area contributed by atoms with Crippen LogP contribution in [0.2, 0.25) is 0 Å². The number of benzene rings is 1. The van der Waals surface area contributed by atoms with E-state index in [1.807, 2.05) is 6.92 Å². The Morgan fingerprint density at radius 3 is 2.22 bits per heavy atom. The van der Waals surface area contributed by atoms with Crippen molar-refractivity contribution in [2.45, 2.75) is 37.0 Å². The van der Waals surface area contributed by atoms with E-state index in [4.69, 9.17) is 0 Å². The molecule has 1 rings (SSSR count). The van der Waals surface area contributed by atoms with Crippen molar-refractivity contribution in [1.82, 2.24) is 10.6 Å². The highest BCUT2D eigenvalue weighted by molar-refractivity contribution is 7.91. The monoisotopic (exact) mass is 348 g/mol. The molecule has 0 aliphatic rings. The first-order chi connectivity index (χ1) is 10.7. The number of halogens is 2. The number of carbonyl (C=O) groups excluding carboxylic acids is 2. The second-order valence-corrected chi connectivity index (χ2v) is 6.73. The van der Waals surface area contributed by atoms with Gasteiger partial charge in [0.05, 0.1) is 4.90 Å². The first-order valence-electron chi connectivity index (χ1n) is 6.90. The van der Waals surface area contributed by atoms with E-state index in [1.165, 1.54) is 6.92 Å². The molecule has 0 aromatic heterocycles. The van der Waals surface area contributed by atoms with E-state index in [-0.39, 0.29) is 11.5 Å². The van der Waals surface area contributed by atoms with Crippen LogP contribution in [0.25, 0.3) is 0 Å². The molecule has 0 radical (unpaired) electrons. The van der Waals surface area contributed by atoms with Gasteiger partial charge in [-0.1, -0.05) is 6.92 Å². The Hall–Kier alpha value is -2.03. The van der Waals surface area contributed by atoms with Gasteiger partial charge in [-0.05, 0) is 37.6 Å². The highest BCUT2D eigenvalue weighted by Crippen LogP contribution is 2.18. The zero-order chi connectivity index (χ0) is 17.6. The van der Waals surface area contributed by atoms with Gasteiger partial charge in [-0.3, -0.25) is 9.59 Å². The predicted molar refractivity (Wildman–Crippen MR) is 79.9 cm³/mol. The van der Waals surface area contributed by atoms with Gasteiger partial charge in [-0.2, -0.15) is 8.78 Å². The fourth-order valence-electron chi connectivity index (χ4n) is 1.65. The number of hydrogen-bond donors (Lipinski definition) is 2. The molecule has 0 bridgehead atoms. The van der Waals surface area contributed by atoms with E-state index >= 15 is 0 Å². The average Bonchev–Trinajstić information content (AvgIpc) is 2.52. The van der Waals surface area contributed by atoms with Crippen molar-refractivity contribution in [1.29, 1.82) is 0 Å². The zero-order valence-electron chi connectivity index (χ0n) is 12.7. The number of carbonyl (C=O) groups is 2. The van der Waals surface area contributed by atoms with Crippen LogP contribution in [0.1, 0.15) is 30.6 Å². The Kier molecular flexibility index (Phi) is 6.62. The average molecular weight is 348 g/mol. The summed E-state index contributed by atoms with van der Waals surface area (Å²) in [5, 5.41) is 5.05. The lowest BCUT2D eigenvalue weighted by Crippen LogP contribution is -2.45. The number of rotatable bonds is 7. The smallest absolute Gasteiger partial charge is 0.341 e. The predicted octanol–water partition coefficient (Wildman–Crippen LogP) is 1.33. The summed E-state index contributed by atoms with van der Waals surface area (Å²) in [7, 11) is -4.70. The molecule has 0 aliphatic heterocycles. The molecule has 23 heavy (non-hydrogen) atoms. The van der Waals surface area contributed by atoms with Gasteiger partial charge in [-0.15, -0.1) is 0 Å². The van der Waals surface area contributed by atoms with Crippen LogP contribution in [0.5, 0.6) is 0 Å². The van der Waals surface area contributed by atoms with Crippen molar-refractivity contribution in [2.75, 3.05) is 6.54 Å². The van der Waals surface area contributed by atoms with Crippen molar-refractivity contribution in [2.24, 2.45) is 0 Å². The highest BCUT2D eigenvalue weighted by Gasteiger charge is 2.26. The Labute approximate surface area is 133 Å². The van der Waals surface area contributed by atoms with Crippen LogP contribution in [-0.2, 0) is 14.6 Å². The molecule has 1 unspecified atom stereocenters. The molecular formula is C14H18F2N2O4S. The minimum absolute atomic E-state index is 0.0633. The first kappa shape index (κ1) is 19.0. The van der Waals surface area contributed by atoms with Gasteiger partial charge in [-0.25, -0.2) is 8.42 Å². The van der Waals surface area contributed by atoms with Gasteiger partial charge in [0.2, 0.25) is 15.7 Å². The molecule has 0 heterocycles. The number of amides is 2. The van der Waals surface area contributed by atoms with Crippen molar-refractivity contribution in [3.05, 3.63) is 29.8 Å². The molecule has 6 nitrogen and oxygen atoms in total. The quantitative estimate of drug-likeness (QED) is 0.777. The Morgan fingerprint density at radius 2 is 1.74 bits per heavy atom. The minimum atomic E-state index is -4.70. The molecule has 2 amide bonds. The molecule has 0 fully saturated rings. The van der Waals surface area contributed by atoms with Crippen LogP contribution in [0.4, 0.5) is 8.78 Å². The molecular weight excluding hydrogens is 330 g/mol. The standard InChI is InChI=1S/C14H18F2N2O4S/c1-3-8-17-12(19)9(2)18-13(20)10-4-6-11(7-5-10)23(21,22)14(15)16/h4-7,9,14H,3,8H2,1-2H3,(H,17,19)(H,18,20). The maximum atomic E-state index is 12.4. The molecule has 0 spiro atoms. The topological polar surface area (TPSA) is 92.3 Å². The normalized spacial score (nSPS) is 12.7. The van der Waals surface area contributed by atoms with E-state index in [0.717, 1.165) is 30.7 Å². The van der Waals surface area contributed by atoms with Crippen LogP contribution in [0, 0.1) is 0 Å². The summed E-state index contributed by atoms with van der Waals surface area (Å²) in [5.74, 6) is -4.48. The van der Waals surface area contributed by atoms with E-state index in [9.17, 15) is 26.8 Å². The largest absolute Gasteiger partial charge is 0.354 e. The summed E-state index contributed by atoms with van der Waals surface area (Å²) in [5.41, 5.74) is 0.0633. The van der Waals surface area contributed by atoms with Gasteiger partial charge in [0.25, 0.3) is 5.91 Å². The Bertz CT molecular complexity index is 660. The number of alkyl halides is 2. The van der Waals surface area contributed by atoms with Gasteiger partial charge < -0.3 is 10.6 Å². The van der Waals surface area contributed by atoms with Gasteiger partial charge >= 0.3 is 5.76 Å². The lowest BCUT2D eigenvalue weighted by atomic mass is 10.2. The van der Waals surface area contributed by atoms with E-state index in [2.05, 4.69) is 10.6 Å². The fourth-order valence-corrected chi connectivity index (χ4v) is 2.37. The summed E-state index contributed by atoms with van der Waals surface area (Å²) >= 11 is 0. The zero-order valence-corrected chi connectivity index (χ0v) is 13.5. The van der Waals surface area contributed by atoms with Crippen molar-refractivity contribution < 1.29 is 26.8 Å². The third-order valence-electron chi connectivity index (χ3n) is 2.97. The summed E-state index contributed by atoms with van der Waals surface area (Å²) in [6.45, 7) is 3.87. The Balaban J connectivity index is 2.77. The highest BCUT2D eigenvalue weighted by atomic mass is 32.2. The van der Waals surface area contributed by atoms with Gasteiger partial charge in [0.15, 0.2) is 0 Å². The number of hydrogen-bond acceptors (Lipinski definition) is 4. The molecule has 1 aromatic rings. The van der Waals surface area contributed by atoms with Gasteiger partial charge in [0, 0.05) is 12.1 Å². The molecule has 2 N–H and O–H groups in total. The van der Waals surface area contributed by atoms with Crippen LogP contribution in [-0.4, -0.2) is 38.6 Å². The molecule has 0 aliphatic carbocycles.